The molecular formula is C20H31ClN6O2. The summed E-state index contributed by atoms with van der Waals surface area (Å²) in [5, 5.41) is 12.8. The van der Waals surface area contributed by atoms with E-state index in [0.29, 0.717) is 24.9 Å². The van der Waals surface area contributed by atoms with Crippen molar-refractivity contribution in [1.29, 1.82) is 0 Å². The summed E-state index contributed by atoms with van der Waals surface area (Å²) < 4.78 is 7.36. The lowest BCUT2D eigenvalue weighted by Crippen LogP contribution is -2.50. The number of unbranched alkanes of at least 4 members (excludes halogenated alkanes) is 1. The number of hydrogen-bond donors (Lipinski definition) is 0. The molecule has 3 heterocycles. The molecule has 1 amide bonds. The first kappa shape index (κ1) is 21.8. The second-order valence-corrected chi connectivity index (χ2v) is 7.88. The van der Waals surface area contributed by atoms with Crippen molar-refractivity contribution in [2.75, 3.05) is 26.2 Å². The summed E-state index contributed by atoms with van der Waals surface area (Å²) in [6, 6.07) is 4.15. The van der Waals surface area contributed by atoms with E-state index in [1.807, 2.05) is 4.90 Å². The van der Waals surface area contributed by atoms with Crippen LogP contribution in [0.1, 0.15) is 80.3 Å². The van der Waals surface area contributed by atoms with E-state index >= 15 is 0 Å². The molecule has 0 radical (unpaired) electrons. The summed E-state index contributed by atoms with van der Waals surface area (Å²) in [6.45, 7) is 5.29. The van der Waals surface area contributed by atoms with E-state index in [1.165, 1.54) is 25.7 Å². The molecule has 2 fully saturated rings. The van der Waals surface area contributed by atoms with Gasteiger partial charge >= 0.3 is 0 Å². The summed E-state index contributed by atoms with van der Waals surface area (Å²) >= 11 is 0. The molecule has 0 aromatic carbocycles. The minimum atomic E-state index is -0.0226. The SMILES string of the molecule is CCCCC(c1nnnn1C1CCCC1)N1CCN(C(=O)c2ccco2)CC1.Cl. The zero-order valence-corrected chi connectivity index (χ0v) is 17.9. The Morgan fingerprint density at radius 1 is 1.24 bits per heavy atom. The molecule has 1 aliphatic carbocycles. The van der Waals surface area contributed by atoms with Crippen LogP contribution in [0.5, 0.6) is 0 Å². The lowest BCUT2D eigenvalue weighted by atomic mass is 10.1. The second-order valence-electron chi connectivity index (χ2n) is 7.88. The van der Waals surface area contributed by atoms with Gasteiger partial charge in [-0.05, 0) is 41.8 Å². The van der Waals surface area contributed by atoms with Crippen LogP contribution in [-0.2, 0) is 0 Å². The number of halogens is 1. The van der Waals surface area contributed by atoms with Gasteiger partial charge in [-0.3, -0.25) is 9.69 Å². The summed E-state index contributed by atoms with van der Waals surface area (Å²) in [4.78, 5) is 16.9. The van der Waals surface area contributed by atoms with E-state index in [9.17, 15) is 4.79 Å². The number of hydrogen-bond acceptors (Lipinski definition) is 6. The Balaban J connectivity index is 0.00000240. The predicted molar refractivity (Wildman–Crippen MR) is 111 cm³/mol. The van der Waals surface area contributed by atoms with Crippen LogP contribution in [0.25, 0.3) is 0 Å². The molecular weight excluding hydrogens is 392 g/mol. The van der Waals surface area contributed by atoms with Gasteiger partial charge in [0.05, 0.1) is 18.3 Å². The van der Waals surface area contributed by atoms with Crippen LogP contribution in [0.4, 0.5) is 0 Å². The van der Waals surface area contributed by atoms with Crippen molar-refractivity contribution < 1.29 is 9.21 Å². The highest BCUT2D eigenvalue weighted by Crippen LogP contribution is 2.33. The molecule has 1 aliphatic heterocycles. The van der Waals surface area contributed by atoms with Crippen molar-refractivity contribution in [3.8, 4) is 0 Å². The topological polar surface area (TPSA) is 80.3 Å². The van der Waals surface area contributed by atoms with Gasteiger partial charge in [0.25, 0.3) is 5.91 Å². The normalized spacial score (nSPS) is 19.3. The minimum Gasteiger partial charge on any atom is -0.459 e. The van der Waals surface area contributed by atoms with Crippen molar-refractivity contribution in [1.82, 2.24) is 30.0 Å². The standard InChI is InChI=1S/C20H30N6O2.ClH/c1-2-3-9-17(19-21-22-23-26(19)16-7-4-5-8-16)24-11-13-25(14-12-24)20(27)18-10-6-15-28-18;/h6,10,15-17H,2-5,7-9,11-14H2,1H3;1H. The van der Waals surface area contributed by atoms with Gasteiger partial charge in [-0.1, -0.05) is 32.6 Å². The number of tetrazole rings is 1. The van der Waals surface area contributed by atoms with Gasteiger partial charge in [-0.2, -0.15) is 0 Å². The summed E-state index contributed by atoms with van der Waals surface area (Å²) in [5.41, 5.74) is 0. The van der Waals surface area contributed by atoms with Crippen LogP contribution < -0.4 is 0 Å². The van der Waals surface area contributed by atoms with Crippen LogP contribution in [0.3, 0.4) is 0 Å². The molecule has 29 heavy (non-hydrogen) atoms. The largest absolute Gasteiger partial charge is 0.459 e. The van der Waals surface area contributed by atoms with Gasteiger partial charge in [0.15, 0.2) is 11.6 Å². The average Bonchev–Trinajstić information content (AvgIpc) is 3.50. The molecule has 1 unspecified atom stereocenters. The molecule has 0 bridgehead atoms. The third-order valence-corrected chi connectivity index (χ3v) is 6.09. The smallest absolute Gasteiger partial charge is 0.289 e. The molecule has 0 N–H and O–H groups in total. The lowest BCUT2D eigenvalue weighted by Gasteiger charge is -2.38. The molecule has 9 heteroatoms. The first-order chi connectivity index (χ1) is 13.8. The third-order valence-electron chi connectivity index (χ3n) is 6.09. The fourth-order valence-corrected chi connectivity index (χ4v) is 4.49. The number of nitrogens with zero attached hydrogens (tertiary/aromatic N) is 6. The monoisotopic (exact) mass is 422 g/mol. The van der Waals surface area contributed by atoms with Crippen LogP contribution in [0, 0.1) is 0 Å². The van der Waals surface area contributed by atoms with E-state index in [2.05, 4.69) is 32.0 Å². The number of furan rings is 1. The molecule has 2 aromatic rings. The molecule has 1 saturated carbocycles. The van der Waals surface area contributed by atoms with E-state index in [1.54, 1.807) is 18.4 Å². The highest BCUT2D eigenvalue weighted by molar-refractivity contribution is 5.91. The zero-order valence-electron chi connectivity index (χ0n) is 17.1. The number of aromatic nitrogens is 4. The molecule has 4 rings (SSSR count). The number of piperazine rings is 1. The maximum atomic E-state index is 12.5. The Morgan fingerprint density at radius 3 is 2.66 bits per heavy atom. The molecule has 2 aliphatic rings. The number of amides is 1. The van der Waals surface area contributed by atoms with E-state index in [-0.39, 0.29) is 24.4 Å². The first-order valence-corrected chi connectivity index (χ1v) is 10.6. The number of carbonyl (C=O) groups excluding carboxylic acids is 1. The highest BCUT2D eigenvalue weighted by atomic mass is 35.5. The fourth-order valence-electron chi connectivity index (χ4n) is 4.49. The fraction of sp³-hybridized carbons (Fsp3) is 0.700. The van der Waals surface area contributed by atoms with Crippen molar-refractivity contribution in [3.05, 3.63) is 30.0 Å². The quantitative estimate of drug-likeness (QED) is 0.679. The molecule has 8 nitrogen and oxygen atoms in total. The molecule has 1 atom stereocenters. The van der Waals surface area contributed by atoms with E-state index in [4.69, 9.17) is 4.42 Å². The maximum Gasteiger partial charge on any atom is 0.289 e. The van der Waals surface area contributed by atoms with Gasteiger partial charge in [-0.25, -0.2) is 4.68 Å². The van der Waals surface area contributed by atoms with Gasteiger partial charge in [0.2, 0.25) is 0 Å². The van der Waals surface area contributed by atoms with Crippen LogP contribution in [0.2, 0.25) is 0 Å². The number of rotatable bonds is 7. The van der Waals surface area contributed by atoms with Crippen LogP contribution in [-0.4, -0.2) is 62.1 Å². The third kappa shape index (κ3) is 4.80. The minimum absolute atomic E-state index is 0. The van der Waals surface area contributed by atoms with Gasteiger partial charge in [-0.15, -0.1) is 17.5 Å². The second kappa shape index (κ2) is 10.2. The lowest BCUT2D eigenvalue weighted by molar-refractivity contribution is 0.0511. The van der Waals surface area contributed by atoms with Gasteiger partial charge in [0, 0.05) is 26.2 Å². The van der Waals surface area contributed by atoms with E-state index < -0.39 is 0 Å². The highest BCUT2D eigenvalue weighted by Gasteiger charge is 2.32. The van der Waals surface area contributed by atoms with Crippen molar-refractivity contribution >= 4 is 18.3 Å². The van der Waals surface area contributed by atoms with Crippen molar-refractivity contribution in [3.63, 3.8) is 0 Å². The number of carbonyl (C=O) groups is 1. The molecule has 1 saturated heterocycles. The Kier molecular flexibility index (Phi) is 7.66. The Hall–Kier alpha value is -1.93. The predicted octanol–water partition coefficient (Wildman–Crippen LogP) is 3.49. The maximum absolute atomic E-state index is 12.5. The molecule has 0 spiro atoms. The Bertz CT molecular complexity index is 751. The first-order valence-electron chi connectivity index (χ1n) is 10.6. The molecule has 2 aromatic heterocycles. The van der Waals surface area contributed by atoms with Crippen LogP contribution >= 0.6 is 12.4 Å². The Labute approximate surface area is 178 Å². The van der Waals surface area contributed by atoms with Gasteiger partial charge in [0.1, 0.15) is 0 Å². The van der Waals surface area contributed by atoms with Crippen molar-refractivity contribution in [2.24, 2.45) is 0 Å². The summed E-state index contributed by atoms with van der Waals surface area (Å²) in [5.74, 6) is 1.40. The summed E-state index contributed by atoms with van der Waals surface area (Å²) in [7, 11) is 0. The molecule has 160 valence electrons. The average molecular weight is 423 g/mol. The zero-order chi connectivity index (χ0) is 19.3. The summed E-state index contributed by atoms with van der Waals surface area (Å²) in [6.07, 6.45) is 9.76. The Morgan fingerprint density at radius 2 is 2.00 bits per heavy atom. The van der Waals surface area contributed by atoms with E-state index in [0.717, 1.165) is 38.2 Å². The van der Waals surface area contributed by atoms with Crippen LogP contribution in [0.15, 0.2) is 22.8 Å². The van der Waals surface area contributed by atoms with Gasteiger partial charge < -0.3 is 9.32 Å². The van der Waals surface area contributed by atoms with Crippen molar-refractivity contribution in [2.45, 2.75) is 64.0 Å².